The van der Waals surface area contributed by atoms with Crippen LogP contribution in [0.15, 0.2) is 12.1 Å². The Morgan fingerprint density at radius 1 is 0.688 bits per heavy atom. The molecule has 0 heterocycles. The highest BCUT2D eigenvalue weighted by Gasteiger charge is 2.06. The Labute approximate surface area is 101 Å². The van der Waals surface area contributed by atoms with Crippen molar-refractivity contribution in [1.29, 1.82) is 0 Å². The van der Waals surface area contributed by atoms with E-state index in [0.29, 0.717) is 0 Å². The zero-order valence-electron chi connectivity index (χ0n) is 11.4. The maximum atomic E-state index is 2.47. The van der Waals surface area contributed by atoms with Crippen molar-refractivity contribution in [3.63, 3.8) is 0 Å². The molecule has 0 aliphatic heterocycles. The number of hydrogen-bond acceptors (Lipinski definition) is 0. The van der Waals surface area contributed by atoms with E-state index in [1.165, 1.54) is 44.1 Å². The van der Waals surface area contributed by atoms with Crippen LogP contribution in [0, 0.1) is 6.92 Å². The minimum atomic E-state index is 1.23. The van der Waals surface area contributed by atoms with Gasteiger partial charge in [0.2, 0.25) is 0 Å². The largest absolute Gasteiger partial charge is 0.0651 e. The van der Waals surface area contributed by atoms with E-state index in [2.05, 4.69) is 39.8 Å². The van der Waals surface area contributed by atoms with Gasteiger partial charge in [0.15, 0.2) is 0 Å². The van der Waals surface area contributed by atoms with Crippen LogP contribution in [-0.4, -0.2) is 0 Å². The van der Waals surface area contributed by atoms with Gasteiger partial charge in [0.25, 0.3) is 0 Å². The quantitative estimate of drug-likeness (QED) is 0.640. The van der Waals surface area contributed by atoms with E-state index in [1.54, 1.807) is 16.7 Å². The third-order valence-corrected chi connectivity index (χ3v) is 3.22. The molecule has 0 radical (unpaired) electrons. The molecule has 1 aromatic rings. The van der Waals surface area contributed by atoms with Crippen molar-refractivity contribution in [1.82, 2.24) is 0 Å². The highest BCUT2D eigenvalue weighted by atomic mass is 14.1. The van der Waals surface area contributed by atoms with Crippen LogP contribution in [0.1, 0.15) is 62.3 Å². The monoisotopic (exact) mass is 218 g/mol. The van der Waals surface area contributed by atoms with Gasteiger partial charge in [-0.1, -0.05) is 52.2 Å². The minimum absolute atomic E-state index is 1.23. The Morgan fingerprint density at radius 3 is 1.62 bits per heavy atom. The molecule has 0 amide bonds. The van der Waals surface area contributed by atoms with Gasteiger partial charge in [0, 0.05) is 0 Å². The third-order valence-electron chi connectivity index (χ3n) is 3.22. The van der Waals surface area contributed by atoms with Gasteiger partial charge in [-0.3, -0.25) is 0 Å². The first-order valence-electron chi connectivity index (χ1n) is 6.84. The highest BCUT2D eigenvalue weighted by Crippen LogP contribution is 2.21. The molecule has 0 unspecified atom stereocenters. The Morgan fingerprint density at radius 2 is 1.12 bits per heavy atom. The fraction of sp³-hybridized carbons (Fsp3) is 0.625. The molecule has 0 aliphatic rings. The molecule has 0 aliphatic carbocycles. The van der Waals surface area contributed by atoms with Gasteiger partial charge in [-0.05, 0) is 48.4 Å². The van der Waals surface area contributed by atoms with E-state index in [9.17, 15) is 0 Å². The van der Waals surface area contributed by atoms with E-state index in [1.807, 2.05) is 0 Å². The third kappa shape index (κ3) is 3.37. The van der Waals surface area contributed by atoms with Gasteiger partial charge in [-0.2, -0.15) is 0 Å². The summed E-state index contributed by atoms with van der Waals surface area (Å²) < 4.78 is 0. The summed E-state index contributed by atoms with van der Waals surface area (Å²) in [6.07, 6.45) is 7.47. The van der Waals surface area contributed by atoms with Crippen LogP contribution in [0.5, 0.6) is 0 Å². The molecule has 0 aromatic heterocycles. The molecule has 0 saturated carbocycles. The fourth-order valence-electron chi connectivity index (χ4n) is 2.41. The van der Waals surface area contributed by atoms with Crippen molar-refractivity contribution in [2.24, 2.45) is 0 Å². The molecular weight excluding hydrogens is 192 g/mol. The number of hydrogen-bond donors (Lipinski definition) is 0. The Hall–Kier alpha value is -0.780. The second kappa shape index (κ2) is 6.73. The maximum absolute atomic E-state index is 2.47. The van der Waals surface area contributed by atoms with Crippen molar-refractivity contribution >= 4 is 0 Å². The van der Waals surface area contributed by atoms with Gasteiger partial charge in [-0.25, -0.2) is 0 Å². The average Bonchev–Trinajstić information content (AvgIpc) is 2.25. The maximum Gasteiger partial charge on any atom is -0.0279 e. The molecule has 1 aromatic carbocycles. The van der Waals surface area contributed by atoms with E-state index in [4.69, 9.17) is 0 Å². The summed E-state index contributed by atoms with van der Waals surface area (Å²) in [5, 5.41) is 0. The Balaban J connectivity index is 3.03. The molecule has 0 saturated heterocycles. The predicted octanol–water partition coefficient (Wildman–Crippen LogP) is 4.85. The molecule has 16 heavy (non-hydrogen) atoms. The van der Waals surface area contributed by atoms with E-state index in [0.717, 1.165) is 0 Å². The topological polar surface area (TPSA) is 0 Å². The van der Waals surface area contributed by atoms with Crippen LogP contribution in [0.4, 0.5) is 0 Å². The van der Waals surface area contributed by atoms with Gasteiger partial charge in [-0.15, -0.1) is 0 Å². The molecule has 0 nitrogen and oxygen atoms in total. The predicted molar refractivity (Wildman–Crippen MR) is 73.2 cm³/mol. The first kappa shape index (κ1) is 13.3. The standard InChI is InChI=1S/C16H26/c1-5-8-14-12-16(10-7-3)15(9-6-2)11-13(14)4/h11-12H,5-10H2,1-4H3. The molecule has 0 heteroatoms. The molecule has 0 spiro atoms. The van der Waals surface area contributed by atoms with Crippen molar-refractivity contribution in [3.05, 3.63) is 34.4 Å². The summed E-state index contributed by atoms with van der Waals surface area (Å²) >= 11 is 0. The van der Waals surface area contributed by atoms with Crippen LogP contribution in [0.2, 0.25) is 0 Å². The lowest BCUT2D eigenvalue weighted by Gasteiger charge is -2.13. The van der Waals surface area contributed by atoms with Crippen molar-refractivity contribution in [2.75, 3.05) is 0 Å². The summed E-state index contributed by atoms with van der Waals surface area (Å²) in [6.45, 7) is 9.07. The molecule has 0 N–H and O–H groups in total. The van der Waals surface area contributed by atoms with Crippen molar-refractivity contribution in [3.8, 4) is 0 Å². The lowest BCUT2D eigenvalue weighted by Crippen LogP contribution is -1.99. The van der Waals surface area contributed by atoms with Crippen LogP contribution in [0.25, 0.3) is 0 Å². The second-order valence-electron chi connectivity index (χ2n) is 4.80. The molecule has 1 rings (SSSR count). The molecule has 0 atom stereocenters. The zero-order chi connectivity index (χ0) is 12.0. The lowest BCUT2D eigenvalue weighted by molar-refractivity contribution is 0.845. The fourth-order valence-corrected chi connectivity index (χ4v) is 2.41. The highest BCUT2D eigenvalue weighted by molar-refractivity contribution is 5.38. The summed E-state index contributed by atoms with van der Waals surface area (Å²) in [4.78, 5) is 0. The molecular formula is C16H26. The summed E-state index contributed by atoms with van der Waals surface area (Å²) in [5.74, 6) is 0. The normalized spacial score (nSPS) is 10.8. The molecule has 90 valence electrons. The Bertz CT molecular complexity index is 323. The van der Waals surface area contributed by atoms with Crippen LogP contribution in [0.3, 0.4) is 0 Å². The number of rotatable bonds is 6. The SMILES string of the molecule is CCCc1cc(CCC)c(CCC)cc1C. The summed E-state index contributed by atoms with van der Waals surface area (Å²) in [6, 6.07) is 4.90. The lowest BCUT2D eigenvalue weighted by atomic mass is 9.92. The average molecular weight is 218 g/mol. The Kier molecular flexibility index (Phi) is 5.59. The first-order chi connectivity index (χ1) is 7.72. The zero-order valence-corrected chi connectivity index (χ0v) is 11.4. The molecule has 0 fully saturated rings. The van der Waals surface area contributed by atoms with Gasteiger partial charge >= 0.3 is 0 Å². The van der Waals surface area contributed by atoms with Crippen LogP contribution < -0.4 is 0 Å². The first-order valence-corrected chi connectivity index (χ1v) is 6.84. The molecule has 0 bridgehead atoms. The van der Waals surface area contributed by atoms with Gasteiger partial charge in [0.05, 0.1) is 0 Å². The smallest absolute Gasteiger partial charge is 0.0279 e. The van der Waals surface area contributed by atoms with Crippen molar-refractivity contribution in [2.45, 2.75) is 66.2 Å². The second-order valence-corrected chi connectivity index (χ2v) is 4.80. The van der Waals surface area contributed by atoms with E-state index in [-0.39, 0.29) is 0 Å². The summed E-state index contributed by atoms with van der Waals surface area (Å²) in [5.41, 5.74) is 6.23. The van der Waals surface area contributed by atoms with Crippen molar-refractivity contribution < 1.29 is 0 Å². The number of aryl methyl sites for hydroxylation is 4. The number of benzene rings is 1. The minimum Gasteiger partial charge on any atom is -0.0651 e. The van der Waals surface area contributed by atoms with Gasteiger partial charge in [0.1, 0.15) is 0 Å². The van der Waals surface area contributed by atoms with Gasteiger partial charge < -0.3 is 0 Å². The van der Waals surface area contributed by atoms with Crippen LogP contribution in [-0.2, 0) is 19.3 Å². The van der Waals surface area contributed by atoms with Crippen LogP contribution >= 0.6 is 0 Å². The van der Waals surface area contributed by atoms with E-state index < -0.39 is 0 Å². The van der Waals surface area contributed by atoms with E-state index >= 15 is 0 Å². The summed E-state index contributed by atoms with van der Waals surface area (Å²) in [7, 11) is 0.